The molecule has 0 saturated heterocycles. The molecule has 1 heterocycles. The summed E-state index contributed by atoms with van der Waals surface area (Å²) in [5.41, 5.74) is 6.71. The number of carbonyl (C=O) groups excluding carboxylic acids is 1. The number of anilines is 1. The number of hydrogen-bond acceptors (Lipinski definition) is 3. The third kappa shape index (κ3) is 2.60. The van der Waals surface area contributed by atoms with E-state index in [4.69, 9.17) is 5.73 Å². The van der Waals surface area contributed by atoms with Gasteiger partial charge in [-0.15, -0.1) is 11.3 Å². The van der Waals surface area contributed by atoms with Gasteiger partial charge < -0.3 is 11.1 Å². The number of fused-ring (bicyclic) bond motifs is 1. The van der Waals surface area contributed by atoms with Crippen molar-refractivity contribution in [2.45, 2.75) is 25.3 Å². The minimum atomic E-state index is -0.0554. The van der Waals surface area contributed by atoms with Gasteiger partial charge in [0.2, 0.25) is 0 Å². The summed E-state index contributed by atoms with van der Waals surface area (Å²) in [5.74, 6) is -0.0554. The van der Waals surface area contributed by atoms with Crippen LogP contribution in [0, 0.1) is 0 Å². The number of carbonyl (C=O) groups is 1. The molecule has 3 rings (SSSR count). The molecule has 0 bridgehead atoms. The number of amides is 1. The molecule has 1 atom stereocenters. The molecule has 0 radical (unpaired) electrons. The van der Waals surface area contributed by atoms with E-state index in [0.717, 1.165) is 33.8 Å². The van der Waals surface area contributed by atoms with Crippen LogP contribution in [0.5, 0.6) is 0 Å². The standard InChI is InChI=1S/C15H15BrN2OS/c16-9-6-7-12-11(8-9)13(17)14(20-12)15(19)18-10-4-2-1-3-5-10/h1-2,6-8,10H,3-5,17H2,(H,18,19). The molecule has 1 aromatic carbocycles. The van der Waals surface area contributed by atoms with E-state index in [1.54, 1.807) is 0 Å². The van der Waals surface area contributed by atoms with E-state index < -0.39 is 0 Å². The van der Waals surface area contributed by atoms with Crippen molar-refractivity contribution in [3.8, 4) is 0 Å². The molecule has 3 N–H and O–H groups in total. The van der Waals surface area contributed by atoms with Crippen LogP contribution >= 0.6 is 27.3 Å². The van der Waals surface area contributed by atoms with Crippen LogP contribution in [-0.4, -0.2) is 11.9 Å². The molecular formula is C15H15BrN2OS. The van der Waals surface area contributed by atoms with Gasteiger partial charge in [0.1, 0.15) is 4.88 Å². The summed E-state index contributed by atoms with van der Waals surface area (Å²) < 4.78 is 2.01. The first-order valence-electron chi connectivity index (χ1n) is 6.58. The Hall–Kier alpha value is -1.33. The number of nitrogens with two attached hydrogens (primary N) is 1. The average Bonchev–Trinajstić information content (AvgIpc) is 2.77. The number of halogens is 1. The topological polar surface area (TPSA) is 55.1 Å². The van der Waals surface area contributed by atoms with E-state index in [0.29, 0.717) is 10.6 Å². The Morgan fingerprint density at radius 2 is 2.25 bits per heavy atom. The Morgan fingerprint density at radius 1 is 1.40 bits per heavy atom. The summed E-state index contributed by atoms with van der Waals surface area (Å²) in [6.45, 7) is 0. The van der Waals surface area contributed by atoms with Crippen LogP contribution in [0.15, 0.2) is 34.8 Å². The molecule has 3 nitrogen and oxygen atoms in total. The van der Waals surface area contributed by atoms with Gasteiger partial charge in [0.15, 0.2) is 0 Å². The van der Waals surface area contributed by atoms with E-state index >= 15 is 0 Å². The highest BCUT2D eigenvalue weighted by atomic mass is 79.9. The fourth-order valence-electron chi connectivity index (χ4n) is 2.43. The zero-order valence-electron chi connectivity index (χ0n) is 10.9. The lowest BCUT2D eigenvalue weighted by atomic mass is 10.0. The van der Waals surface area contributed by atoms with Crippen LogP contribution in [0.4, 0.5) is 5.69 Å². The Morgan fingerprint density at radius 3 is 3.00 bits per heavy atom. The zero-order chi connectivity index (χ0) is 14.1. The average molecular weight is 351 g/mol. The van der Waals surface area contributed by atoms with Crippen molar-refractivity contribution in [1.29, 1.82) is 0 Å². The van der Waals surface area contributed by atoms with Gasteiger partial charge >= 0.3 is 0 Å². The Labute approximate surface area is 130 Å². The van der Waals surface area contributed by atoms with Crippen molar-refractivity contribution in [1.82, 2.24) is 5.32 Å². The minimum absolute atomic E-state index is 0.0554. The summed E-state index contributed by atoms with van der Waals surface area (Å²) in [5, 5.41) is 4.02. The first-order chi connectivity index (χ1) is 9.65. The van der Waals surface area contributed by atoms with Crippen LogP contribution in [0.25, 0.3) is 10.1 Å². The molecule has 0 aliphatic heterocycles. The Balaban J connectivity index is 1.87. The Kier molecular flexibility index (Phi) is 3.81. The normalized spacial score (nSPS) is 18.4. The highest BCUT2D eigenvalue weighted by Crippen LogP contribution is 2.35. The molecule has 1 amide bonds. The van der Waals surface area contributed by atoms with Crippen molar-refractivity contribution < 1.29 is 4.79 Å². The van der Waals surface area contributed by atoms with Gasteiger partial charge in [0.25, 0.3) is 5.91 Å². The number of rotatable bonds is 2. The van der Waals surface area contributed by atoms with E-state index in [9.17, 15) is 4.79 Å². The van der Waals surface area contributed by atoms with Crippen LogP contribution in [0.3, 0.4) is 0 Å². The molecule has 0 fully saturated rings. The van der Waals surface area contributed by atoms with Gasteiger partial charge in [-0.1, -0.05) is 28.1 Å². The zero-order valence-corrected chi connectivity index (χ0v) is 13.3. The van der Waals surface area contributed by atoms with Crippen molar-refractivity contribution in [3.63, 3.8) is 0 Å². The lowest BCUT2D eigenvalue weighted by Crippen LogP contribution is -2.35. The second-order valence-corrected chi connectivity index (χ2v) is 6.91. The van der Waals surface area contributed by atoms with Crippen LogP contribution in [0.2, 0.25) is 0 Å². The van der Waals surface area contributed by atoms with Crippen molar-refractivity contribution in [3.05, 3.63) is 39.7 Å². The van der Waals surface area contributed by atoms with Gasteiger partial charge in [-0.25, -0.2) is 0 Å². The number of thiophene rings is 1. The molecule has 0 saturated carbocycles. The summed E-state index contributed by atoms with van der Waals surface area (Å²) in [6.07, 6.45) is 7.22. The van der Waals surface area contributed by atoms with Crippen LogP contribution in [0.1, 0.15) is 28.9 Å². The van der Waals surface area contributed by atoms with Gasteiger partial charge in [0.05, 0.1) is 5.69 Å². The van der Waals surface area contributed by atoms with Crippen LogP contribution in [-0.2, 0) is 0 Å². The highest BCUT2D eigenvalue weighted by molar-refractivity contribution is 9.10. The fourth-order valence-corrected chi connectivity index (χ4v) is 3.80. The lowest BCUT2D eigenvalue weighted by Gasteiger charge is -2.18. The highest BCUT2D eigenvalue weighted by Gasteiger charge is 2.19. The maximum absolute atomic E-state index is 12.4. The summed E-state index contributed by atoms with van der Waals surface area (Å²) >= 11 is 4.89. The smallest absolute Gasteiger partial charge is 0.263 e. The van der Waals surface area contributed by atoms with Gasteiger partial charge in [-0.3, -0.25) is 4.79 Å². The number of allylic oxidation sites excluding steroid dienone is 1. The SMILES string of the molecule is Nc1c(C(=O)NC2CC=CCC2)sc2ccc(Br)cc12. The van der Waals surface area contributed by atoms with Crippen LogP contribution < -0.4 is 11.1 Å². The largest absolute Gasteiger partial charge is 0.397 e. The quantitative estimate of drug-likeness (QED) is 0.801. The van der Waals surface area contributed by atoms with E-state index in [1.165, 1.54) is 11.3 Å². The maximum atomic E-state index is 12.4. The second kappa shape index (κ2) is 5.58. The molecule has 0 spiro atoms. The van der Waals surface area contributed by atoms with Crippen molar-refractivity contribution in [2.75, 3.05) is 5.73 Å². The first kappa shape index (κ1) is 13.6. The second-order valence-electron chi connectivity index (χ2n) is 4.94. The molecule has 1 aliphatic carbocycles. The number of nitrogen functional groups attached to an aromatic ring is 1. The summed E-state index contributed by atoms with van der Waals surface area (Å²) in [6, 6.07) is 6.14. The monoisotopic (exact) mass is 350 g/mol. The number of nitrogens with one attached hydrogen (secondary N) is 1. The third-order valence-corrected chi connectivity index (χ3v) is 5.18. The Bertz CT molecular complexity index is 692. The fraction of sp³-hybridized carbons (Fsp3) is 0.267. The molecule has 20 heavy (non-hydrogen) atoms. The number of hydrogen-bond donors (Lipinski definition) is 2. The number of benzene rings is 1. The van der Waals surface area contributed by atoms with Gasteiger partial charge in [-0.05, 0) is 37.5 Å². The van der Waals surface area contributed by atoms with Gasteiger partial charge in [-0.2, -0.15) is 0 Å². The van der Waals surface area contributed by atoms with Crippen molar-refractivity contribution in [2.24, 2.45) is 0 Å². The molecule has 2 aromatic rings. The molecule has 1 unspecified atom stereocenters. The lowest BCUT2D eigenvalue weighted by molar-refractivity contribution is 0.0939. The predicted molar refractivity (Wildman–Crippen MR) is 88.2 cm³/mol. The first-order valence-corrected chi connectivity index (χ1v) is 8.19. The van der Waals surface area contributed by atoms with Gasteiger partial charge in [0, 0.05) is 20.6 Å². The molecular weight excluding hydrogens is 336 g/mol. The molecule has 5 heteroatoms. The summed E-state index contributed by atoms with van der Waals surface area (Å²) in [7, 11) is 0. The molecule has 1 aromatic heterocycles. The third-order valence-electron chi connectivity index (χ3n) is 3.50. The van der Waals surface area contributed by atoms with E-state index in [-0.39, 0.29) is 11.9 Å². The minimum Gasteiger partial charge on any atom is -0.397 e. The van der Waals surface area contributed by atoms with E-state index in [2.05, 4.69) is 33.4 Å². The predicted octanol–water partition coefficient (Wildman–Crippen LogP) is 4.08. The van der Waals surface area contributed by atoms with E-state index in [1.807, 2.05) is 18.2 Å². The van der Waals surface area contributed by atoms with Crippen molar-refractivity contribution >= 4 is 48.9 Å². The molecule has 1 aliphatic rings. The maximum Gasteiger partial charge on any atom is 0.263 e. The molecule has 104 valence electrons. The summed E-state index contributed by atoms with van der Waals surface area (Å²) in [4.78, 5) is 13.0.